The molecule has 1 heterocycles. The molecule has 2 N–H and O–H groups in total. The minimum absolute atomic E-state index is 0.0119. The fraction of sp³-hybridized carbons (Fsp3) is 0.611. The molecule has 120 valence electrons. The lowest BCUT2D eigenvalue weighted by Gasteiger charge is -2.38. The molecule has 0 aromatic heterocycles. The average molecular weight is 301 g/mol. The number of nitrogens with zero attached hydrogens (tertiary/aromatic N) is 1. The van der Waals surface area contributed by atoms with E-state index < -0.39 is 0 Å². The van der Waals surface area contributed by atoms with Gasteiger partial charge in [0.25, 0.3) is 0 Å². The first-order valence-electron chi connectivity index (χ1n) is 8.56. The largest absolute Gasteiger partial charge is 0.326 e. The van der Waals surface area contributed by atoms with Gasteiger partial charge in [-0.2, -0.15) is 0 Å². The van der Waals surface area contributed by atoms with Gasteiger partial charge < -0.3 is 10.6 Å². The molecule has 1 aliphatic heterocycles. The van der Waals surface area contributed by atoms with Crippen LogP contribution in [-0.4, -0.2) is 37.0 Å². The zero-order chi connectivity index (χ0) is 15.4. The van der Waals surface area contributed by atoms with Gasteiger partial charge in [0.15, 0.2) is 0 Å². The summed E-state index contributed by atoms with van der Waals surface area (Å²) in [5, 5.41) is 6.31. The quantitative estimate of drug-likeness (QED) is 0.899. The highest BCUT2D eigenvalue weighted by Crippen LogP contribution is 2.39. The van der Waals surface area contributed by atoms with Gasteiger partial charge in [-0.3, -0.25) is 9.69 Å². The third kappa shape index (κ3) is 3.68. The Balaban J connectivity index is 1.79. The summed E-state index contributed by atoms with van der Waals surface area (Å²) < 4.78 is 0. The molecule has 1 saturated carbocycles. The molecular weight excluding hydrogens is 274 g/mol. The Bertz CT molecular complexity index is 488. The summed E-state index contributed by atoms with van der Waals surface area (Å²) >= 11 is 0. The third-order valence-electron chi connectivity index (χ3n) is 4.96. The summed E-state index contributed by atoms with van der Waals surface area (Å²) in [7, 11) is 0. The van der Waals surface area contributed by atoms with Crippen molar-refractivity contribution >= 4 is 11.6 Å². The topological polar surface area (TPSA) is 44.4 Å². The molecule has 2 aliphatic rings. The second kappa shape index (κ2) is 7.25. The predicted octanol–water partition coefficient (Wildman–Crippen LogP) is 2.78. The first kappa shape index (κ1) is 15.5. The highest BCUT2D eigenvalue weighted by atomic mass is 16.1. The number of amides is 1. The maximum atomic E-state index is 11.2. The fourth-order valence-corrected chi connectivity index (χ4v) is 3.98. The lowest BCUT2D eigenvalue weighted by atomic mass is 9.89. The van der Waals surface area contributed by atoms with Crippen LogP contribution >= 0.6 is 0 Å². The highest BCUT2D eigenvalue weighted by Gasteiger charge is 2.31. The van der Waals surface area contributed by atoms with Crippen molar-refractivity contribution in [1.29, 1.82) is 0 Å². The number of carbonyl (C=O) groups is 1. The van der Waals surface area contributed by atoms with Crippen molar-refractivity contribution in [3.63, 3.8) is 0 Å². The lowest BCUT2D eigenvalue weighted by molar-refractivity contribution is -0.114. The van der Waals surface area contributed by atoms with Crippen molar-refractivity contribution in [3.8, 4) is 0 Å². The van der Waals surface area contributed by atoms with Gasteiger partial charge in [0, 0.05) is 44.8 Å². The predicted molar refractivity (Wildman–Crippen MR) is 89.9 cm³/mol. The zero-order valence-corrected chi connectivity index (χ0v) is 13.5. The van der Waals surface area contributed by atoms with Crippen LogP contribution in [0.1, 0.15) is 44.2 Å². The Morgan fingerprint density at radius 3 is 2.41 bits per heavy atom. The minimum Gasteiger partial charge on any atom is -0.326 e. The zero-order valence-electron chi connectivity index (χ0n) is 13.5. The van der Waals surface area contributed by atoms with Crippen LogP contribution in [0.5, 0.6) is 0 Å². The molecule has 1 amide bonds. The minimum atomic E-state index is -0.0119. The summed E-state index contributed by atoms with van der Waals surface area (Å²) in [5.74, 6) is 0.770. The molecule has 1 aliphatic carbocycles. The Kier molecular flexibility index (Phi) is 5.11. The molecule has 2 fully saturated rings. The van der Waals surface area contributed by atoms with Crippen LogP contribution < -0.4 is 10.6 Å². The smallest absolute Gasteiger partial charge is 0.221 e. The van der Waals surface area contributed by atoms with E-state index in [0.717, 1.165) is 37.8 Å². The molecule has 1 atom stereocenters. The van der Waals surface area contributed by atoms with E-state index >= 15 is 0 Å². The Labute approximate surface area is 133 Å². The summed E-state index contributed by atoms with van der Waals surface area (Å²) in [4.78, 5) is 13.8. The first-order valence-corrected chi connectivity index (χ1v) is 8.56. The molecule has 0 spiro atoms. The molecule has 22 heavy (non-hydrogen) atoms. The van der Waals surface area contributed by atoms with Gasteiger partial charge in [-0.25, -0.2) is 0 Å². The fourth-order valence-electron chi connectivity index (χ4n) is 3.98. The molecule has 1 saturated heterocycles. The number of anilines is 1. The second-order valence-electron chi connectivity index (χ2n) is 6.58. The van der Waals surface area contributed by atoms with Crippen LogP contribution in [0.4, 0.5) is 5.69 Å². The van der Waals surface area contributed by atoms with E-state index in [9.17, 15) is 4.79 Å². The van der Waals surface area contributed by atoms with Crippen LogP contribution in [0.25, 0.3) is 0 Å². The summed E-state index contributed by atoms with van der Waals surface area (Å²) in [6.45, 7) is 6.00. The van der Waals surface area contributed by atoms with Crippen molar-refractivity contribution in [1.82, 2.24) is 10.2 Å². The van der Waals surface area contributed by atoms with Gasteiger partial charge in [0.2, 0.25) is 5.91 Å². The van der Waals surface area contributed by atoms with Crippen molar-refractivity contribution in [2.24, 2.45) is 5.92 Å². The SMILES string of the molecule is CC(=O)Nc1ccc([C@@H](C2CCCC2)N2CCNCC2)cc1. The van der Waals surface area contributed by atoms with Crippen LogP contribution in [0, 0.1) is 5.92 Å². The van der Waals surface area contributed by atoms with Gasteiger partial charge in [0.05, 0.1) is 0 Å². The molecule has 0 radical (unpaired) electrons. The number of nitrogens with one attached hydrogen (secondary N) is 2. The third-order valence-corrected chi connectivity index (χ3v) is 4.96. The van der Waals surface area contributed by atoms with Crippen LogP contribution in [0.2, 0.25) is 0 Å². The average Bonchev–Trinajstić information content (AvgIpc) is 3.04. The van der Waals surface area contributed by atoms with Crippen molar-refractivity contribution < 1.29 is 4.79 Å². The first-order chi connectivity index (χ1) is 10.7. The normalized spacial score (nSPS) is 21.7. The standard InChI is InChI=1S/C18H27N3O/c1-14(22)20-17-8-6-16(7-9-17)18(15-4-2-3-5-15)21-12-10-19-11-13-21/h6-9,15,18-19H,2-5,10-13H2,1H3,(H,20,22)/t18-/m1/s1. The number of benzene rings is 1. The van der Waals surface area contributed by atoms with E-state index in [1.54, 1.807) is 6.92 Å². The van der Waals surface area contributed by atoms with Gasteiger partial charge in [-0.05, 0) is 36.5 Å². The number of carbonyl (C=O) groups excluding carboxylic acids is 1. The van der Waals surface area contributed by atoms with Crippen LogP contribution in [0.15, 0.2) is 24.3 Å². The Morgan fingerprint density at radius 2 is 1.82 bits per heavy atom. The number of hydrogen-bond acceptors (Lipinski definition) is 3. The lowest BCUT2D eigenvalue weighted by Crippen LogP contribution is -2.46. The molecular formula is C18H27N3O. The van der Waals surface area contributed by atoms with Gasteiger partial charge >= 0.3 is 0 Å². The van der Waals surface area contributed by atoms with Crippen molar-refractivity contribution in [2.75, 3.05) is 31.5 Å². The van der Waals surface area contributed by atoms with Crippen molar-refractivity contribution in [3.05, 3.63) is 29.8 Å². The van der Waals surface area contributed by atoms with E-state index in [1.807, 2.05) is 12.1 Å². The molecule has 1 aromatic rings. The van der Waals surface area contributed by atoms with E-state index in [2.05, 4.69) is 27.7 Å². The molecule has 4 nitrogen and oxygen atoms in total. The van der Waals surface area contributed by atoms with Gasteiger partial charge in [0.1, 0.15) is 0 Å². The van der Waals surface area contributed by atoms with E-state index in [4.69, 9.17) is 0 Å². The molecule has 3 rings (SSSR count). The number of rotatable bonds is 4. The molecule has 1 aromatic carbocycles. The van der Waals surface area contributed by atoms with Crippen LogP contribution in [0.3, 0.4) is 0 Å². The summed E-state index contributed by atoms with van der Waals surface area (Å²) in [6.07, 6.45) is 5.44. The second-order valence-corrected chi connectivity index (χ2v) is 6.58. The summed E-state index contributed by atoms with van der Waals surface area (Å²) in [6, 6.07) is 9.03. The Morgan fingerprint density at radius 1 is 1.18 bits per heavy atom. The van der Waals surface area contributed by atoms with E-state index in [0.29, 0.717) is 6.04 Å². The van der Waals surface area contributed by atoms with Crippen molar-refractivity contribution in [2.45, 2.75) is 38.6 Å². The van der Waals surface area contributed by atoms with E-state index in [1.165, 1.54) is 31.2 Å². The maximum absolute atomic E-state index is 11.2. The molecule has 0 unspecified atom stereocenters. The monoisotopic (exact) mass is 301 g/mol. The highest BCUT2D eigenvalue weighted by molar-refractivity contribution is 5.88. The maximum Gasteiger partial charge on any atom is 0.221 e. The summed E-state index contributed by atoms with van der Waals surface area (Å²) in [5.41, 5.74) is 2.30. The van der Waals surface area contributed by atoms with Gasteiger partial charge in [-0.15, -0.1) is 0 Å². The Hall–Kier alpha value is -1.39. The molecule has 4 heteroatoms. The van der Waals surface area contributed by atoms with E-state index in [-0.39, 0.29) is 5.91 Å². The van der Waals surface area contributed by atoms with Crippen LogP contribution in [-0.2, 0) is 4.79 Å². The van der Waals surface area contributed by atoms with Gasteiger partial charge in [-0.1, -0.05) is 25.0 Å². The number of hydrogen-bond donors (Lipinski definition) is 2. The molecule has 0 bridgehead atoms. The number of piperazine rings is 1.